The third-order valence-electron chi connectivity index (χ3n) is 5.80. The molecule has 0 bridgehead atoms. The van der Waals surface area contributed by atoms with Gasteiger partial charge in [0.15, 0.2) is 0 Å². The molecule has 0 aliphatic rings. The first kappa shape index (κ1) is 26.4. The smallest absolute Gasteiger partial charge is 0.317 e. The molecule has 1 aromatic carbocycles. The van der Waals surface area contributed by atoms with Gasteiger partial charge in [-0.1, -0.05) is 134 Å². The second-order valence-corrected chi connectivity index (χ2v) is 8.74. The summed E-state index contributed by atoms with van der Waals surface area (Å²) in [6.45, 7) is 4.13. The van der Waals surface area contributed by atoms with Gasteiger partial charge in [-0.25, -0.2) is 0 Å². The third kappa shape index (κ3) is 14.4. The summed E-state index contributed by atoms with van der Waals surface area (Å²) in [7, 11) is 0. The molecular formula is C27H44O3. The van der Waals surface area contributed by atoms with Crippen LogP contribution in [0.4, 0.5) is 0 Å². The molecule has 0 spiro atoms. The van der Waals surface area contributed by atoms with Crippen LogP contribution in [0.2, 0.25) is 0 Å². The Labute approximate surface area is 185 Å². The van der Waals surface area contributed by atoms with Crippen LogP contribution in [-0.4, -0.2) is 11.9 Å². The lowest BCUT2D eigenvalue weighted by atomic mass is 10.0. The first-order valence-electron chi connectivity index (χ1n) is 12.4. The van der Waals surface area contributed by atoms with E-state index in [1.54, 1.807) is 0 Å². The van der Waals surface area contributed by atoms with Crippen molar-refractivity contribution in [2.75, 3.05) is 0 Å². The minimum Gasteiger partial charge on any atom is -0.393 e. The van der Waals surface area contributed by atoms with Gasteiger partial charge in [-0.15, -0.1) is 0 Å². The first-order valence-corrected chi connectivity index (χ1v) is 12.4. The molecule has 0 heterocycles. The summed E-state index contributed by atoms with van der Waals surface area (Å²) in [6, 6.07) is 9.39. The van der Waals surface area contributed by atoms with E-state index in [1.807, 2.05) is 37.3 Å². The Bertz CT molecular complexity index is 552. The Hall–Kier alpha value is -1.64. The molecule has 30 heavy (non-hydrogen) atoms. The number of rotatable bonds is 18. The van der Waals surface area contributed by atoms with Gasteiger partial charge in [-0.05, 0) is 12.0 Å². The SMILES string of the molecule is CCCCCCCCCCCCCCCCC(C)C(=O)OC(=O)Cc1ccccc1. The number of unbranched alkanes of at least 4 members (excludes halogenated alkanes) is 13. The number of benzene rings is 1. The molecule has 1 unspecified atom stereocenters. The molecule has 0 fully saturated rings. The Morgan fingerprint density at radius 2 is 1.20 bits per heavy atom. The molecule has 0 aromatic heterocycles. The van der Waals surface area contributed by atoms with Gasteiger partial charge in [0.1, 0.15) is 0 Å². The first-order chi connectivity index (χ1) is 14.6. The van der Waals surface area contributed by atoms with Crippen LogP contribution in [-0.2, 0) is 20.7 Å². The van der Waals surface area contributed by atoms with E-state index < -0.39 is 5.97 Å². The fourth-order valence-electron chi connectivity index (χ4n) is 3.77. The zero-order valence-electron chi connectivity index (χ0n) is 19.5. The van der Waals surface area contributed by atoms with Gasteiger partial charge < -0.3 is 4.74 Å². The average molecular weight is 417 g/mol. The fourth-order valence-corrected chi connectivity index (χ4v) is 3.77. The fraction of sp³-hybridized carbons (Fsp3) is 0.704. The highest BCUT2D eigenvalue weighted by atomic mass is 16.6. The minimum absolute atomic E-state index is 0.151. The number of hydrogen-bond donors (Lipinski definition) is 0. The number of esters is 2. The molecule has 0 aliphatic carbocycles. The van der Waals surface area contributed by atoms with Crippen molar-refractivity contribution >= 4 is 11.9 Å². The van der Waals surface area contributed by atoms with Crippen molar-refractivity contribution in [1.29, 1.82) is 0 Å². The molecule has 170 valence electrons. The molecule has 1 rings (SSSR count). The van der Waals surface area contributed by atoms with E-state index in [0.717, 1.165) is 24.8 Å². The predicted molar refractivity (Wildman–Crippen MR) is 125 cm³/mol. The zero-order chi connectivity index (χ0) is 21.9. The van der Waals surface area contributed by atoms with Gasteiger partial charge in [-0.3, -0.25) is 9.59 Å². The molecule has 1 aromatic rings. The van der Waals surface area contributed by atoms with E-state index in [9.17, 15) is 9.59 Å². The zero-order valence-corrected chi connectivity index (χ0v) is 19.5. The second-order valence-electron chi connectivity index (χ2n) is 8.74. The summed E-state index contributed by atoms with van der Waals surface area (Å²) >= 11 is 0. The number of carbonyl (C=O) groups excluding carboxylic acids is 2. The molecule has 0 saturated heterocycles. The van der Waals surface area contributed by atoms with E-state index in [-0.39, 0.29) is 18.3 Å². The quantitative estimate of drug-likeness (QED) is 0.139. The molecule has 1 atom stereocenters. The van der Waals surface area contributed by atoms with Gasteiger partial charge >= 0.3 is 11.9 Å². The van der Waals surface area contributed by atoms with E-state index >= 15 is 0 Å². The Morgan fingerprint density at radius 1 is 0.733 bits per heavy atom. The van der Waals surface area contributed by atoms with Crippen molar-refractivity contribution in [3.8, 4) is 0 Å². The van der Waals surface area contributed by atoms with Gasteiger partial charge in [0.25, 0.3) is 0 Å². The standard InChI is InChI=1S/C27H44O3/c1-3-4-5-6-7-8-9-10-11-12-13-14-15-17-20-24(2)27(29)30-26(28)23-25-21-18-16-19-22-25/h16,18-19,21-22,24H,3-15,17,20,23H2,1-2H3. The predicted octanol–water partition coefficient (Wildman–Crippen LogP) is 7.81. The molecule has 0 amide bonds. The van der Waals surface area contributed by atoms with E-state index in [0.29, 0.717) is 0 Å². The molecule has 0 saturated carbocycles. The van der Waals surface area contributed by atoms with Crippen LogP contribution in [0.15, 0.2) is 30.3 Å². The van der Waals surface area contributed by atoms with Gasteiger partial charge in [0, 0.05) is 0 Å². The maximum atomic E-state index is 12.1. The third-order valence-corrected chi connectivity index (χ3v) is 5.80. The highest BCUT2D eigenvalue weighted by Crippen LogP contribution is 2.16. The van der Waals surface area contributed by atoms with Crippen molar-refractivity contribution in [3.05, 3.63) is 35.9 Å². The Balaban J connectivity index is 1.92. The van der Waals surface area contributed by atoms with Gasteiger partial charge in [-0.2, -0.15) is 0 Å². The lowest BCUT2D eigenvalue weighted by molar-refractivity contribution is -0.162. The van der Waals surface area contributed by atoms with Crippen LogP contribution in [0.5, 0.6) is 0 Å². The highest BCUT2D eigenvalue weighted by molar-refractivity contribution is 5.87. The average Bonchev–Trinajstić information content (AvgIpc) is 2.74. The van der Waals surface area contributed by atoms with Gasteiger partial charge in [0.05, 0.1) is 12.3 Å². The van der Waals surface area contributed by atoms with Gasteiger partial charge in [0.2, 0.25) is 0 Å². The van der Waals surface area contributed by atoms with E-state index in [1.165, 1.54) is 77.0 Å². The monoisotopic (exact) mass is 416 g/mol. The number of ether oxygens (including phenoxy) is 1. The number of hydrogen-bond acceptors (Lipinski definition) is 3. The Kier molecular flexibility index (Phi) is 16.0. The van der Waals surface area contributed by atoms with Crippen molar-refractivity contribution in [2.24, 2.45) is 5.92 Å². The molecule has 0 N–H and O–H groups in total. The molecule has 0 aliphatic heterocycles. The highest BCUT2D eigenvalue weighted by Gasteiger charge is 2.18. The van der Waals surface area contributed by atoms with Crippen LogP contribution in [0, 0.1) is 5.92 Å². The summed E-state index contributed by atoms with van der Waals surface area (Å²) in [5.41, 5.74) is 0.870. The van der Waals surface area contributed by atoms with Crippen LogP contribution in [0.1, 0.15) is 116 Å². The molecule has 0 radical (unpaired) electrons. The van der Waals surface area contributed by atoms with Crippen LogP contribution in [0.3, 0.4) is 0 Å². The maximum absolute atomic E-state index is 12.1. The van der Waals surface area contributed by atoms with Crippen molar-refractivity contribution < 1.29 is 14.3 Å². The van der Waals surface area contributed by atoms with E-state index in [4.69, 9.17) is 4.74 Å². The minimum atomic E-state index is -0.459. The Morgan fingerprint density at radius 3 is 1.70 bits per heavy atom. The molecular weight excluding hydrogens is 372 g/mol. The normalized spacial score (nSPS) is 11.9. The van der Waals surface area contributed by atoms with Crippen LogP contribution >= 0.6 is 0 Å². The lowest BCUT2D eigenvalue weighted by Gasteiger charge is -2.10. The summed E-state index contributed by atoms with van der Waals surface area (Å²) in [5.74, 6) is -1.05. The second kappa shape index (κ2) is 18.2. The molecule has 3 heteroatoms. The largest absolute Gasteiger partial charge is 0.393 e. The van der Waals surface area contributed by atoms with Crippen LogP contribution < -0.4 is 0 Å². The molecule has 3 nitrogen and oxygen atoms in total. The number of carbonyl (C=O) groups is 2. The van der Waals surface area contributed by atoms with Crippen molar-refractivity contribution in [3.63, 3.8) is 0 Å². The maximum Gasteiger partial charge on any atom is 0.317 e. The summed E-state index contributed by atoms with van der Waals surface area (Å²) < 4.78 is 5.01. The lowest BCUT2D eigenvalue weighted by Crippen LogP contribution is -2.20. The van der Waals surface area contributed by atoms with Crippen molar-refractivity contribution in [1.82, 2.24) is 0 Å². The summed E-state index contributed by atoms with van der Waals surface area (Å²) in [4.78, 5) is 24.0. The van der Waals surface area contributed by atoms with E-state index in [2.05, 4.69) is 6.92 Å². The summed E-state index contributed by atoms with van der Waals surface area (Å²) in [5, 5.41) is 0. The summed E-state index contributed by atoms with van der Waals surface area (Å²) in [6.07, 6.45) is 19.5. The van der Waals surface area contributed by atoms with Crippen LogP contribution in [0.25, 0.3) is 0 Å². The topological polar surface area (TPSA) is 43.4 Å². The van der Waals surface area contributed by atoms with Crippen molar-refractivity contribution in [2.45, 2.75) is 117 Å².